The molecule has 0 saturated carbocycles. The predicted octanol–water partition coefficient (Wildman–Crippen LogP) is 7.40. The van der Waals surface area contributed by atoms with Crippen molar-refractivity contribution in [3.8, 4) is 0 Å². The van der Waals surface area contributed by atoms with E-state index in [1.807, 2.05) is 49.4 Å². The largest absolute Gasteiger partial charge is 0.323 e. The fraction of sp³-hybridized carbons (Fsp3) is 0.370. The summed E-state index contributed by atoms with van der Waals surface area (Å²) < 4.78 is 0. The Morgan fingerprint density at radius 3 is 2.48 bits per heavy atom. The number of allylic oxidation sites excluding steroid dienone is 9. The van der Waals surface area contributed by atoms with Gasteiger partial charge in [0.05, 0.1) is 0 Å². The second kappa shape index (κ2) is 10.2. The molecule has 29 heavy (non-hydrogen) atoms. The average molecular weight is 390 g/mol. The summed E-state index contributed by atoms with van der Waals surface area (Å²) in [5.74, 6) is 0.552. The lowest BCUT2D eigenvalue weighted by atomic mass is 9.69. The first kappa shape index (κ1) is 22.7. The molecule has 1 unspecified atom stereocenters. The number of benzene rings is 1. The highest BCUT2D eigenvalue weighted by Gasteiger charge is 2.29. The van der Waals surface area contributed by atoms with Crippen molar-refractivity contribution in [1.82, 2.24) is 0 Å². The Kier molecular flexibility index (Phi) is 8.01. The van der Waals surface area contributed by atoms with Crippen molar-refractivity contribution in [3.05, 3.63) is 89.1 Å². The van der Waals surface area contributed by atoms with E-state index in [0.29, 0.717) is 5.92 Å². The van der Waals surface area contributed by atoms with Crippen LogP contribution in [0, 0.1) is 11.3 Å². The van der Waals surface area contributed by atoms with Crippen molar-refractivity contribution in [2.24, 2.45) is 11.3 Å². The van der Waals surface area contributed by atoms with E-state index in [4.69, 9.17) is 0 Å². The zero-order valence-corrected chi connectivity index (χ0v) is 18.8. The lowest BCUT2D eigenvalue weighted by molar-refractivity contribution is -0.111. The summed E-state index contributed by atoms with van der Waals surface area (Å²) in [6.07, 6.45) is 14.7. The Morgan fingerprint density at radius 2 is 1.79 bits per heavy atom. The third-order valence-corrected chi connectivity index (χ3v) is 5.73. The molecule has 1 aromatic rings. The van der Waals surface area contributed by atoms with Gasteiger partial charge in [-0.3, -0.25) is 4.79 Å². The van der Waals surface area contributed by atoms with Crippen LogP contribution in [0.1, 0.15) is 54.4 Å². The van der Waals surface area contributed by atoms with E-state index in [-0.39, 0.29) is 11.3 Å². The molecule has 1 N–H and O–H groups in total. The maximum absolute atomic E-state index is 12.1. The average Bonchev–Trinajstić information content (AvgIpc) is 2.65. The number of amides is 1. The molecule has 2 nitrogen and oxygen atoms in total. The van der Waals surface area contributed by atoms with Gasteiger partial charge in [0.2, 0.25) is 5.91 Å². The Morgan fingerprint density at radius 1 is 1.10 bits per heavy atom. The first-order chi connectivity index (χ1) is 13.7. The van der Waals surface area contributed by atoms with Crippen molar-refractivity contribution >= 4 is 11.6 Å². The van der Waals surface area contributed by atoms with Gasteiger partial charge in [-0.1, -0.05) is 80.5 Å². The molecule has 1 aliphatic rings. The Labute approximate surface area is 176 Å². The predicted molar refractivity (Wildman–Crippen MR) is 126 cm³/mol. The van der Waals surface area contributed by atoms with Gasteiger partial charge in [0.25, 0.3) is 0 Å². The standard InChI is InChI=1S/C27H35NO/c1-20(15-16-25-23(4)22(3)17-18-27(25,5)6)11-10-12-21(2)19-26(29)28-24-13-8-7-9-14-24/h7-16,19,22H,17-18H2,1-6H3,(H,28,29)/b12-10+,16-15+,20-11+,21-19-. The topological polar surface area (TPSA) is 29.1 Å². The first-order valence-corrected chi connectivity index (χ1v) is 10.5. The molecule has 1 atom stereocenters. The second-order valence-electron chi connectivity index (χ2n) is 8.77. The van der Waals surface area contributed by atoms with Crippen LogP contribution in [0.5, 0.6) is 0 Å². The minimum atomic E-state index is -0.116. The van der Waals surface area contributed by atoms with Gasteiger partial charge in [-0.15, -0.1) is 0 Å². The molecule has 0 fully saturated rings. The van der Waals surface area contributed by atoms with Crippen molar-refractivity contribution in [2.45, 2.75) is 54.4 Å². The van der Waals surface area contributed by atoms with Crippen molar-refractivity contribution in [2.75, 3.05) is 5.32 Å². The van der Waals surface area contributed by atoms with Gasteiger partial charge >= 0.3 is 0 Å². The van der Waals surface area contributed by atoms with Gasteiger partial charge in [-0.2, -0.15) is 0 Å². The van der Waals surface area contributed by atoms with Crippen LogP contribution >= 0.6 is 0 Å². The molecule has 0 spiro atoms. The Bertz CT molecular complexity index is 863. The molecule has 1 aliphatic carbocycles. The van der Waals surface area contributed by atoms with Gasteiger partial charge in [0.15, 0.2) is 0 Å². The van der Waals surface area contributed by atoms with Gasteiger partial charge in [0.1, 0.15) is 0 Å². The smallest absolute Gasteiger partial charge is 0.248 e. The highest BCUT2D eigenvalue weighted by atomic mass is 16.1. The number of para-hydroxylation sites is 1. The number of rotatable bonds is 6. The van der Waals surface area contributed by atoms with E-state index < -0.39 is 0 Å². The minimum Gasteiger partial charge on any atom is -0.323 e. The monoisotopic (exact) mass is 389 g/mol. The maximum atomic E-state index is 12.1. The molecular formula is C27H35NO. The number of nitrogens with one attached hydrogen (secondary N) is 1. The van der Waals surface area contributed by atoms with Crippen molar-refractivity contribution in [1.29, 1.82) is 0 Å². The Hall–Kier alpha value is -2.61. The van der Waals surface area contributed by atoms with Crippen LogP contribution in [0.2, 0.25) is 0 Å². The number of hydrogen-bond donors (Lipinski definition) is 1. The fourth-order valence-corrected chi connectivity index (χ4v) is 3.66. The van der Waals surface area contributed by atoms with Crippen LogP contribution in [0.3, 0.4) is 0 Å². The van der Waals surface area contributed by atoms with Gasteiger partial charge in [0, 0.05) is 11.8 Å². The van der Waals surface area contributed by atoms with E-state index in [1.54, 1.807) is 6.08 Å². The maximum Gasteiger partial charge on any atom is 0.248 e. The summed E-state index contributed by atoms with van der Waals surface area (Å²) in [6, 6.07) is 9.48. The van der Waals surface area contributed by atoms with Crippen LogP contribution < -0.4 is 5.32 Å². The van der Waals surface area contributed by atoms with Gasteiger partial charge < -0.3 is 5.32 Å². The van der Waals surface area contributed by atoms with Gasteiger partial charge in [-0.25, -0.2) is 0 Å². The third-order valence-electron chi connectivity index (χ3n) is 5.73. The van der Waals surface area contributed by atoms with Crippen LogP contribution in [-0.2, 0) is 4.79 Å². The van der Waals surface area contributed by atoms with E-state index >= 15 is 0 Å². The summed E-state index contributed by atoms with van der Waals surface area (Å²) in [6.45, 7) is 13.3. The van der Waals surface area contributed by atoms with Crippen LogP contribution in [0.15, 0.2) is 89.1 Å². The van der Waals surface area contributed by atoms with E-state index in [2.05, 4.69) is 58.2 Å². The molecule has 0 radical (unpaired) electrons. The lowest BCUT2D eigenvalue weighted by Crippen LogP contribution is -2.23. The SMILES string of the molecule is CC1=C(/C=C/C(C)=C/C=C/C(C)=C\C(=O)Nc2ccccc2)C(C)(C)CCC1C. The van der Waals surface area contributed by atoms with E-state index in [9.17, 15) is 4.79 Å². The molecule has 2 heteroatoms. The summed E-state index contributed by atoms with van der Waals surface area (Å²) in [5.41, 5.74) is 6.14. The molecule has 0 heterocycles. The highest BCUT2D eigenvalue weighted by Crippen LogP contribution is 2.43. The van der Waals surface area contributed by atoms with Crippen LogP contribution in [0.4, 0.5) is 5.69 Å². The molecule has 1 amide bonds. The summed E-state index contributed by atoms with van der Waals surface area (Å²) in [4.78, 5) is 12.1. The van der Waals surface area contributed by atoms with Crippen LogP contribution in [-0.4, -0.2) is 5.91 Å². The molecule has 0 aromatic heterocycles. The van der Waals surface area contributed by atoms with E-state index in [0.717, 1.165) is 11.3 Å². The third kappa shape index (κ3) is 7.05. The Balaban J connectivity index is 1.99. The van der Waals surface area contributed by atoms with Crippen LogP contribution in [0.25, 0.3) is 0 Å². The number of anilines is 1. The molecular weight excluding hydrogens is 354 g/mol. The summed E-state index contributed by atoms with van der Waals surface area (Å²) in [7, 11) is 0. The number of carbonyl (C=O) groups excluding carboxylic acids is 1. The summed E-state index contributed by atoms with van der Waals surface area (Å²) >= 11 is 0. The first-order valence-electron chi connectivity index (χ1n) is 10.5. The molecule has 0 saturated heterocycles. The number of carbonyl (C=O) groups is 1. The highest BCUT2D eigenvalue weighted by molar-refractivity contribution is 5.99. The molecule has 1 aromatic carbocycles. The fourth-order valence-electron chi connectivity index (χ4n) is 3.66. The molecule has 0 bridgehead atoms. The zero-order valence-electron chi connectivity index (χ0n) is 18.8. The second-order valence-corrected chi connectivity index (χ2v) is 8.77. The summed E-state index contributed by atoms with van der Waals surface area (Å²) in [5, 5.41) is 2.86. The van der Waals surface area contributed by atoms with Crippen molar-refractivity contribution in [3.63, 3.8) is 0 Å². The number of hydrogen-bond acceptors (Lipinski definition) is 1. The minimum absolute atomic E-state index is 0.116. The molecule has 0 aliphatic heterocycles. The normalized spacial score (nSPS) is 20.6. The lowest BCUT2D eigenvalue weighted by Gasteiger charge is -2.36. The molecule has 154 valence electrons. The molecule has 2 rings (SSSR count). The van der Waals surface area contributed by atoms with Crippen molar-refractivity contribution < 1.29 is 4.79 Å². The quantitative estimate of drug-likeness (QED) is 0.398. The van der Waals surface area contributed by atoms with Gasteiger partial charge in [-0.05, 0) is 68.2 Å². The van der Waals surface area contributed by atoms with E-state index in [1.165, 1.54) is 29.6 Å². The zero-order chi connectivity index (χ0) is 21.4.